The second-order valence-corrected chi connectivity index (χ2v) is 4.18. The van der Waals surface area contributed by atoms with Crippen LogP contribution in [0.3, 0.4) is 0 Å². The van der Waals surface area contributed by atoms with Gasteiger partial charge >= 0.3 is 6.18 Å². The summed E-state index contributed by atoms with van der Waals surface area (Å²) in [4.78, 5) is 19.8. The van der Waals surface area contributed by atoms with Crippen LogP contribution >= 0.6 is 11.6 Å². The lowest BCUT2D eigenvalue weighted by molar-refractivity contribution is -0.141. The summed E-state index contributed by atoms with van der Waals surface area (Å²) in [5, 5.41) is 2.05. The van der Waals surface area contributed by atoms with Gasteiger partial charge in [0, 0.05) is 19.2 Å². The van der Waals surface area contributed by atoms with Crippen molar-refractivity contribution in [3.63, 3.8) is 0 Å². The van der Waals surface area contributed by atoms with Gasteiger partial charge in [-0.3, -0.25) is 4.79 Å². The van der Waals surface area contributed by atoms with Crippen molar-refractivity contribution in [2.45, 2.75) is 20.0 Å². The third-order valence-electron chi connectivity index (χ3n) is 2.39. The molecule has 0 unspecified atom stereocenters. The van der Waals surface area contributed by atoms with Gasteiger partial charge in [-0.05, 0) is 25.4 Å². The third-order valence-corrected chi connectivity index (χ3v) is 2.56. The van der Waals surface area contributed by atoms with Crippen molar-refractivity contribution in [1.29, 1.82) is 0 Å². The van der Waals surface area contributed by atoms with Crippen molar-refractivity contribution in [3.05, 3.63) is 17.0 Å². The molecule has 20 heavy (non-hydrogen) atoms. The summed E-state index contributed by atoms with van der Waals surface area (Å²) >= 11 is 5.51. The van der Waals surface area contributed by atoms with E-state index in [2.05, 4.69) is 15.3 Å². The van der Waals surface area contributed by atoms with Crippen LogP contribution in [0.1, 0.15) is 19.5 Å². The molecule has 5 nitrogen and oxygen atoms in total. The van der Waals surface area contributed by atoms with E-state index in [0.29, 0.717) is 13.1 Å². The molecule has 1 N–H and O–H groups in total. The van der Waals surface area contributed by atoms with E-state index in [1.165, 1.54) is 4.90 Å². The number of rotatable bonds is 5. The molecule has 0 aliphatic heterocycles. The standard InChI is InChI=1S/C11H14ClF3N4O/c1-3-16-9(20)6-19(4-2)8-5-7(11(13,14)15)17-10(12)18-8/h5H,3-4,6H2,1-2H3,(H,16,20). The molecule has 0 atom stereocenters. The van der Waals surface area contributed by atoms with Gasteiger partial charge in [-0.2, -0.15) is 13.2 Å². The minimum Gasteiger partial charge on any atom is -0.355 e. The normalized spacial score (nSPS) is 11.3. The molecule has 0 saturated heterocycles. The third kappa shape index (κ3) is 4.52. The minimum atomic E-state index is -4.62. The van der Waals surface area contributed by atoms with Gasteiger partial charge in [0.05, 0.1) is 6.54 Å². The van der Waals surface area contributed by atoms with Crippen LogP contribution in [-0.4, -0.2) is 35.5 Å². The molecule has 0 saturated carbocycles. The van der Waals surface area contributed by atoms with Crippen LogP contribution in [0.25, 0.3) is 0 Å². The van der Waals surface area contributed by atoms with Crippen molar-refractivity contribution in [1.82, 2.24) is 15.3 Å². The van der Waals surface area contributed by atoms with E-state index in [1.807, 2.05) is 0 Å². The lowest BCUT2D eigenvalue weighted by Gasteiger charge is -2.22. The van der Waals surface area contributed by atoms with Crippen LogP contribution in [0.15, 0.2) is 6.07 Å². The highest BCUT2D eigenvalue weighted by Crippen LogP contribution is 2.30. The molecule has 0 aromatic carbocycles. The maximum atomic E-state index is 12.7. The lowest BCUT2D eigenvalue weighted by atomic mass is 10.3. The fourth-order valence-electron chi connectivity index (χ4n) is 1.49. The number of hydrogen-bond donors (Lipinski definition) is 1. The molecule has 0 radical (unpaired) electrons. The molecule has 0 aliphatic rings. The van der Waals surface area contributed by atoms with Gasteiger partial charge in [-0.1, -0.05) is 0 Å². The average molecular weight is 311 g/mol. The molecule has 0 fully saturated rings. The van der Waals surface area contributed by atoms with Crippen LogP contribution in [0.2, 0.25) is 5.28 Å². The molecule has 9 heteroatoms. The summed E-state index contributed by atoms with van der Waals surface area (Å²) in [6.07, 6.45) is -4.62. The summed E-state index contributed by atoms with van der Waals surface area (Å²) in [5.74, 6) is -0.344. The zero-order chi connectivity index (χ0) is 15.3. The van der Waals surface area contributed by atoms with E-state index in [-0.39, 0.29) is 18.3 Å². The molecule has 0 spiro atoms. The molecular weight excluding hydrogens is 297 g/mol. The van der Waals surface area contributed by atoms with Crippen LogP contribution in [-0.2, 0) is 11.0 Å². The molecule has 0 aliphatic carbocycles. The SMILES string of the molecule is CCNC(=O)CN(CC)c1cc(C(F)(F)F)nc(Cl)n1. The fraction of sp³-hybridized carbons (Fsp3) is 0.545. The predicted octanol–water partition coefficient (Wildman–Crippen LogP) is 2.11. The summed E-state index contributed by atoms with van der Waals surface area (Å²) in [7, 11) is 0. The Morgan fingerprint density at radius 1 is 1.40 bits per heavy atom. The van der Waals surface area contributed by atoms with Gasteiger partial charge in [0.15, 0.2) is 5.69 Å². The smallest absolute Gasteiger partial charge is 0.355 e. The molecular formula is C11H14ClF3N4O. The van der Waals surface area contributed by atoms with Crippen molar-refractivity contribution >= 4 is 23.3 Å². The molecule has 1 rings (SSSR count). The predicted molar refractivity (Wildman–Crippen MR) is 68.6 cm³/mol. The highest BCUT2D eigenvalue weighted by Gasteiger charge is 2.34. The van der Waals surface area contributed by atoms with E-state index in [0.717, 1.165) is 6.07 Å². The first-order chi connectivity index (χ1) is 9.27. The van der Waals surface area contributed by atoms with Crippen molar-refractivity contribution < 1.29 is 18.0 Å². The Kier molecular flexibility index (Phi) is 5.55. The van der Waals surface area contributed by atoms with E-state index < -0.39 is 17.2 Å². The first kappa shape index (κ1) is 16.5. The lowest BCUT2D eigenvalue weighted by Crippen LogP contribution is -2.37. The van der Waals surface area contributed by atoms with E-state index >= 15 is 0 Å². The number of nitrogens with one attached hydrogen (secondary N) is 1. The summed E-state index contributed by atoms with van der Waals surface area (Å²) < 4.78 is 38.0. The molecule has 1 aromatic rings. The van der Waals surface area contributed by atoms with Gasteiger partial charge in [-0.15, -0.1) is 0 Å². The summed E-state index contributed by atoms with van der Waals surface area (Å²) in [6, 6.07) is 0.772. The number of halogens is 4. The Morgan fingerprint density at radius 2 is 2.05 bits per heavy atom. The quantitative estimate of drug-likeness (QED) is 0.846. The molecule has 112 valence electrons. The Bertz CT molecular complexity index is 481. The Balaban J connectivity index is 3.03. The molecule has 1 amide bonds. The number of likely N-dealkylation sites (N-methyl/N-ethyl adjacent to an activating group) is 2. The van der Waals surface area contributed by atoms with Crippen molar-refractivity contribution in [2.24, 2.45) is 0 Å². The summed E-state index contributed by atoms with van der Waals surface area (Å²) in [6.45, 7) is 4.09. The van der Waals surface area contributed by atoms with E-state index in [9.17, 15) is 18.0 Å². The highest BCUT2D eigenvalue weighted by molar-refractivity contribution is 6.28. The van der Waals surface area contributed by atoms with E-state index in [1.54, 1.807) is 13.8 Å². The Labute approximate surface area is 119 Å². The second kappa shape index (κ2) is 6.74. The van der Waals surface area contributed by atoms with Gasteiger partial charge < -0.3 is 10.2 Å². The largest absolute Gasteiger partial charge is 0.433 e. The Morgan fingerprint density at radius 3 is 2.55 bits per heavy atom. The van der Waals surface area contributed by atoms with Crippen molar-refractivity contribution in [2.75, 3.05) is 24.5 Å². The van der Waals surface area contributed by atoms with Gasteiger partial charge in [0.2, 0.25) is 11.2 Å². The number of amides is 1. The molecule has 1 heterocycles. The number of hydrogen-bond acceptors (Lipinski definition) is 4. The van der Waals surface area contributed by atoms with Gasteiger partial charge in [0.1, 0.15) is 5.82 Å². The van der Waals surface area contributed by atoms with Gasteiger partial charge in [0.25, 0.3) is 0 Å². The zero-order valence-electron chi connectivity index (χ0n) is 11.0. The fourth-order valence-corrected chi connectivity index (χ4v) is 1.67. The topological polar surface area (TPSA) is 58.1 Å². The number of carbonyl (C=O) groups is 1. The maximum absolute atomic E-state index is 12.7. The first-order valence-electron chi connectivity index (χ1n) is 5.91. The maximum Gasteiger partial charge on any atom is 0.433 e. The van der Waals surface area contributed by atoms with Crippen LogP contribution < -0.4 is 10.2 Å². The number of aromatic nitrogens is 2. The second-order valence-electron chi connectivity index (χ2n) is 3.85. The molecule has 0 bridgehead atoms. The van der Waals surface area contributed by atoms with Crippen LogP contribution in [0, 0.1) is 0 Å². The number of anilines is 1. The van der Waals surface area contributed by atoms with E-state index in [4.69, 9.17) is 11.6 Å². The number of carbonyl (C=O) groups excluding carboxylic acids is 1. The first-order valence-corrected chi connectivity index (χ1v) is 6.29. The minimum absolute atomic E-state index is 0.0360. The zero-order valence-corrected chi connectivity index (χ0v) is 11.7. The van der Waals surface area contributed by atoms with Crippen molar-refractivity contribution in [3.8, 4) is 0 Å². The number of nitrogens with zero attached hydrogens (tertiary/aromatic N) is 3. The Hall–Kier alpha value is -1.57. The highest BCUT2D eigenvalue weighted by atomic mass is 35.5. The van der Waals surface area contributed by atoms with Gasteiger partial charge in [-0.25, -0.2) is 9.97 Å². The average Bonchev–Trinajstić information content (AvgIpc) is 2.34. The number of alkyl halides is 3. The van der Waals surface area contributed by atoms with Crippen LogP contribution in [0.5, 0.6) is 0 Å². The monoisotopic (exact) mass is 310 g/mol. The van der Waals surface area contributed by atoms with Crippen LogP contribution in [0.4, 0.5) is 19.0 Å². The molecule has 1 aromatic heterocycles. The summed E-state index contributed by atoms with van der Waals surface area (Å²) in [5.41, 5.74) is -1.14.